The van der Waals surface area contributed by atoms with Gasteiger partial charge in [0.05, 0.1) is 27.4 Å². The zero-order chi connectivity index (χ0) is 40.6. The standard InChI is InChI=1S/C48H78O8/c1-5-7-9-11-13-15-17-19-21-23-25-27-47(51)55-37-41(33-39-29-31-43(49)45(35-39)53-3)42(34-40-30-32-44(50)46(36-40)54-4)38-56-48(52)28-26-24-22-20-18-16-14-12-10-8-6-2/h29-32,35-36,41-42,49-50H,5-28,33-34,37-38H2,1-4H3/t41-,42-/m1/s1. The second kappa shape index (κ2) is 31.6. The van der Waals surface area contributed by atoms with Crippen molar-refractivity contribution in [3.63, 3.8) is 0 Å². The molecule has 0 bridgehead atoms. The van der Waals surface area contributed by atoms with Gasteiger partial charge in [-0.3, -0.25) is 9.59 Å². The maximum absolute atomic E-state index is 13.1. The molecule has 0 aliphatic carbocycles. The van der Waals surface area contributed by atoms with Gasteiger partial charge in [-0.1, -0.05) is 154 Å². The summed E-state index contributed by atoms with van der Waals surface area (Å²) in [6.45, 7) is 4.82. The van der Waals surface area contributed by atoms with Gasteiger partial charge in [0.15, 0.2) is 23.0 Å². The lowest BCUT2D eigenvalue weighted by molar-refractivity contribution is -0.149. The van der Waals surface area contributed by atoms with Gasteiger partial charge in [0, 0.05) is 24.7 Å². The molecule has 2 atom stereocenters. The summed E-state index contributed by atoms with van der Waals surface area (Å²) in [6.07, 6.45) is 28.5. The van der Waals surface area contributed by atoms with Crippen LogP contribution in [0.5, 0.6) is 23.0 Å². The summed E-state index contributed by atoms with van der Waals surface area (Å²) in [4.78, 5) is 26.1. The number of carbonyl (C=O) groups excluding carboxylic acids is 2. The number of ether oxygens (including phenoxy) is 4. The van der Waals surface area contributed by atoms with Crippen LogP contribution in [0.25, 0.3) is 0 Å². The maximum atomic E-state index is 13.1. The van der Waals surface area contributed by atoms with Crippen molar-refractivity contribution in [2.45, 2.75) is 181 Å². The monoisotopic (exact) mass is 783 g/mol. The molecule has 0 spiro atoms. The molecule has 318 valence electrons. The highest BCUT2D eigenvalue weighted by atomic mass is 16.5. The van der Waals surface area contributed by atoms with E-state index in [0.29, 0.717) is 37.2 Å². The van der Waals surface area contributed by atoms with Crippen LogP contribution in [-0.4, -0.2) is 49.6 Å². The molecule has 0 aromatic heterocycles. The van der Waals surface area contributed by atoms with Crippen LogP contribution in [0.15, 0.2) is 36.4 Å². The molecule has 0 unspecified atom stereocenters. The van der Waals surface area contributed by atoms with Crippen LogP contribution in [0, 0.1) is 11.8 Å². The van der Waals surface area contributed by atoms with E-state index >= 15 is 0 Å². The van der Waals surface area contributed by atoms with E-state index in [1.165, 1.54) is 117 Å². The number of carbonyl (C=O) groups is 2. The normalized spacial score (nSPS) is 12.3. The first-order valence-electron chi connectivity index (χ1n) is 22.3. The molecule has 2 aromatic rings. The Kier molecular flexibility index (Phi) is 27.5. The van der Waals surface area contributed by atoms with E-state index in [0.717, 1.165) is 49.7 Å². The molecule has 0 saturated heterocycles. The molecule has 8 heteroatoms. The quantitative estimate of drug-likeness (QED) is 0.0525. The number of phenolic OH excluding ortho intramolecular Hbond substituents is 2. The van der Waals surface area contributed by atoms with Crippen molar-refractivity contribution in [1.82, 2.24) is 0 Å². The number of unbranched alkanes of at least 4 members (excludes halogenated alkanes) is 20. The molecule has 2 aromatic carbocycles. The van der Waals surface area contributed by atoms with Gasteiger partial charge in [-0.15, -0.1) is 0 Å². The van der Waals surface area contributed by atoms with E-state index in [2.05, 4.69) is 13.8 Å². The third kappa shape index (κ3) is 22.4. The second-order valence-electron chi connectivity index (χ2n) is 15.9. The summed E-state index contributed by atoms with van der Waals surface area (Å²) in [5.74, 6) is -0.00725. The highest BCUT2D eigenvalue weighted by Crippen LogP contribution is 2.32. The van der Waals surface area contributed by atoms with E-state index in [1.54, 1.807) is 24.3 Å². The number of rotatable bonds is 35. The number of benzene rings is 2. The van der Waals surface area contributed by atoms with Gasteiger partial charge in [0.1, 0.15) is 0 Å². The van der Waals surface area contributed by atoms with Crippen LogP contribution in [0.1, 0.15) is 179 Å². The Morgan fingerprint density at radius 3 is 1.09 bits per heavy atom. The largest absolute Gasteiger partial charge is 0.504 e. The van der Waals surface area contributed by atoms with Gasteiger partial charge < -0.3 is 29.2 Å². The number of esters is 2. The van der Waals surface area contributed by atoms with Crippen LogP contribution in [0.3, 0.4) is 0 Å². The molecular formula is C48H78O8. The van der Waals surface area contributed by atoms with Crippen LogP contribution in [0.2, 0.25) is 0 Å². The van der Waals surface area contributed by atoms with Gasteiger partial charge >= 0.3 is 11.9 Å². The third-order valence-corrected chi connectivity index (χ3v) is 11.0. The van der Waals surface area contributed by atoms with Crippen LogP contribution in [0.4, 0.5) is 0 Å². The molecule has 0 saturated carbocycles. The van der Waals surface area contributed by atoms with Crippen molar-refractivity contribution >= 4 is 11.9 Å². The third-order valence-electron chi connectivity index (χ3n) is 11.0. The Labute approximate surface area is 340 Å². The molecule has 0 amide bonds. The Hall–Kier alpha value is -3.42. The average molecular weight is 783 g/mol. The summed E-state index contributed by atoms with van der Waals surface area (Å²) >= 11 is 0. The van der Waals surface area contributed by atoms with Crippen molar-refractivity contribution in [1.29, 1.82) is 0 Å². The van der Waals surface area contributed by atoms with E-state index in [1.807, 2.05) is 12.1 Å². The van der Waals surface area contributed by atoms with Crippen LogP contribution < -0.4 is 9.47 Å². The van der Waals surface area contributed by atoms with Gasteiger partial charge in [-0.2, -0.15) is 0 Å². The second-order valence-corrected chi connectivity index (χ2v) is 15.9. The molecular weight excluding hydrogens is 705 g/mol. The first kappa shape index (κ1) is 48.7. The summed E-state index contributed by atoms with van der Waals surface area (Å²) in [5, 5.41) is 20.5. The summed E-state index contributed by atoms with van der Waals surface area (Å²) in [7, 11) is 3.03. The highest BCUT2D eigenvalue weighted by Gasteiger charge is 2.27. The number of methoxy groups -OCH3 is 2. The molecule has 0 heterocycles. The smallest absolute Gasteiger partial charge is 0.305 e. The highest BCUT2D eigenvalue weighted by molar-refractivity contribution is 5.69. The number of hydrogen-bond donors (Lipinski definition) is 2. The first-order valence-corrected chi connectivity index (χ1v) is 22.3. The SMILES string of the molecule is CCCCCCCCCCCCCC(=O)OC[C@@H](Cc1ccc(O)c(OC)c1)[C@@H](COC(=O)CCCCCCCCCCCCC)Cc1ccc(O)c(OC)c1. The molecule has 0 fully saturated rings. The van der Waals surface area contributed by atoms with E-state index in [4.69, 9.17) is 18.9 Å². The molecule has 8 nitrogen and oxygen atoms in total. The van der Waals surface area contributed by atoms with E-state index in [9.17, 15) is 19.8 Å². The van der Waals surface area contributed by atoms with Gasteiger partial charge in [-0.05, 0) is 61.1 Å². The zero-order valence-electron chi connectivity index (χ0n) is 35.8. The van der Waals surface area contributed by atoms with Crippen LogP contribution >= 0.6 is 0 Å². The van der Waals surface area contributed by atoms with E-state index in [-0.39, 0.29) is 48.5 Å². The summed E-state index contributed by atoms with van der Waals surface area (Å²) in [6, 6.07) is 10.5. The molecule has 0 aliphatic rings. The van der Waals surface area contributed by atoms with Crippen LogP contribution in [-0.2, 0) is 31.9 Å². The average Bonchev–Trinajstić information content (AvgIpc) is 3.20. The fourth-order valence-corrected chi connectivity index (χ4v) is 7.44. The minimum absolute atomic E-state index is 0.0512. The molecule has 2 rings (SSSR count). The lowest BCUT2D eigenvalue weighted by Crippen LogP contribution is -2.30. The Morgan fingerprint density at radius 2 is 0.786 bits per heavy atom. The number of aromatic hydroxyl groups is 2. The Bertz CT molecular complexity index is 1210. The fourth-order valence-electron chi connectivity index (χ4n) is 7.44. The fraction of sp³-hybridized carbons (Fsp3) is 0.708. The molecule has 2 N–H and O–H groups in total. The van der Waals surface area contributed by atoms with Crippen molar-refractivity contribution < 1.29 is 38.7 Å². The van der Waals surface area contributed by atoms with Crippen molar-refractivity contribution in [2.75, 3.05) is 27.4 Å². The predicted octanol–water partition coefficient (Wildman–Crippen LogP) is 12.6. The van der Waals surface area contributed by atoms with Crippen molar-refractivity contribution in [3.8, 4) is 23.0 Å². The van der Waals surface area contributed by atoms with Crippen molar-refractivity contribution in [2.24, 2.45) is 11.8 Å². The van der Waals surface area contributed by atoms with Gasteiger partial charge in [0.25, 0.3) is 0 Å². The maximum Gasteiger partial charge on any atom is 0.305 e. The topological polar surface area (TPSA) is 112 Å². The van der Waals surface area contributed by atoms with Gasteiger partial charge in [-0.25, -0.2) is 0 Å². The summed E-state index contributed by atoms with van der Waals surface area (Å²) < 4.78 is 22.7. The predicted molar refractivity (Wildman–Crippen MR) is 228 cm³/mol. The summed E-state index contributed by atoms with van der Waals surface area (Å²) in [5.41, 5.74) is 1.82. The Balaban J connectivity index is 2.02. The Morgan fingerprint density at radius 1 is 0.482 bits per heavy atom. The lowest BCUT2D eigenvalue weighted by atomic mass is 9.83. The minimum Gasteiger partial charge on any atom is -0.504 e. The van der Waals surface area contributed by atoms with Crippen molar-refractivity contribution in [3.05, 3.63) is 47.5 Å². The number of phenols is 2. The molecule has 0 aliphatic heterocycles. The van der Waals surface area contributed by atoms with E-state index < -0.39 is 0 Å². The zero-order valence-corrected chi connectivity index (χ0v) is 35.8. The molecule has 0 radical (unpaired) electrons. The first-order chi connectivity index (χ1) is 27.3. The number of hydrogen-bond acceptors (Lipinski definition) is 8. The molecule has 56 heavy (non-hydrogen) atoms. The van der Waals surface area contributed by atoms with Gasteiger partial charge in [0.2, 0.25) is 0 Å². The minimum atomic E-state index is -0.215. The lowest BCUT2D eigenvalue weighted by Gasteiger charge is -2.27.